The standard InChI is InChI=1S/C16H25ClN2/c1-12(14-6-8-16(17)9-7-14)18-13(2)15-5-4-10-19(3)11-15/h6-9,12-13,15,18H,4-5,10-11H2,1-3H3. The molecule has 0 aromatic heterocycles. The fraction of sp³-hybridized carbons (Fsp3) is 0.625. The van der Waals surface area contributed by atoms with Gasteiger partial charge < -0.3 is 10.2 Å². The third kappa shape index (κ3) is 4.20. The maximum absolute atomic E-state index is 5.93. The summed E-state index contributed by atoms with van der Waals surface area (Å²) >= 11 is 5.93. The van der Waals surface area contributed by atoms with Crippen molar-refractivity contribution in [3.63, 3.8) is 0 Å². The lowest BCUT2D eigenvalue weighted by Gasteiger charge is -2.35. The average molecular weight is 281 g/mol. The maximum atomic E-state index is 5.93. The fourth-order valence-corrected chi connectivity index (χ4v) is 3.12. The number of hydrogen-bond donors (Lipinski definition) is 1. The zero-order valence-electron chi connectivity index (χ0n) is 12.2. The van der Waals surface area contributed by atoms with Gasteiger partial charge in [-0.2, -0.15) is 0 Å². The highest BCUT2D eigenvalue weighted by atomic mass is 35.5. The summed E-state index contributed by atoms with van der Waals surface area (Å²) in [5.41, 5.74) is 1.31. The van der Waals surface area contributed by atoms with Crippen molar-refractivity contribution in [2.24, 2.45) is 5.92 Å². The van der Waals surface area contributed by atoms with Gasteiger partial charge in [-0.25, -0.2) is 0 Å². The van der Waals surface area contributed by atoms with Gasteiger partial charge in [-0.1, -0.05) is 23.7 Å². The number of benzene rings is 1. The summed E-state index contributed by atoms with van der Waals surface area (Å²) in [5, 5.41) is 4.54. The molecule has 1 fully saturated rings. The zero-order valence-corrected chi connectivity index (χ0v) is 13.0. The zero-order chi connectivity index (χ0) is 13.8. The molecule has 1 aliphatic rings. The van der Waals surface area contributed by atoms with Crippen LogP contribution in [-0.4, -0.2) is 31.1 Å². The van der Waals surface area contributed by atoms with E-state index in [2.05, 4.69) is 43.2 Å². The first-order valence-corrected chi connectivity index (χ1v) is 7.64. The summed E-state index contributed by atoms with van der Waals surface area (Å²) in [6.07, 6.45) is 2.66. The monoisotopic (exact) mass is 280 g/mol. The molecule has 3 unspecified atom stereocenters. The Kier molecular flexibility index (Phi) is 5.26. The molecule has 0 radical (unpaired) electrons. The van der Waals surface area contributed by atoms with Crippen molar-refractivity contribution in [2.75, 3.05) is 20.1 Å². The predicted molar refractivity (Wildman–Crippen MR) is 82.7 cm³/mol. The normalized spacial score (nSPS) is 24.1. The molecule has 0 bridgehead atoms. The van der Waals surface area contributed by atoms with E-state index in [1.54, 1.807) is 0 Å². The highest BCUT2D eigenvalue weighted by molar-refractivity contribution is 6.30. The van der Waals surface area contributed by atoms with E-state index in [0.717, 1.165) is 10.9 Å². The summed E-state index contributed by atoms with van der Waals surface area (Å²) in [4.78, 5) is 2.44. The van der Waals surface area contributed by atoms with Crippen molar-refractivity contribution in [3.8, 4) is 0 Å². The molecular weight excluding hydrogens is 256 g/mol. The first kappa shape index (κ1) is 14.8. The number of nitrogens with one attached hydrogen (secondary N) is 1. The van der Waals surface area contributed by atoms with Crippen molar-refractivity contribution in [1.29, 1.82) is 0 Å². The van der Waals surface area contributed by atoms with Crippen LogP contribution in [0.5, 0.6) is 0 Å². The number of piperidine rings is 1. The van der Waals surface area contributed by atoms with Crippen molar-refractivity contribution >= 4 is 11.6 Å². The first-order valence-electron chi connectivity index (χ1n) is 7.26. The van der Waals surface area contributed by atoms with Crippen LogP contribution in [-0.2, 0) is 0 Å². The van der Waals surface area contributed by atoms with Crippen LogP contribution < -0.4 is 5.32 Å². The topological polar surface area (TPSA) is 15.3 Å². The summed E-state index contributed by atoms with van der Waals surface area (Å²) in [7, 11) is 2.22. The van der Waals surface area contributed by atoms with Crippen LogP contribution in [0.3, 0.4) is 0 Å². The van der Waals surface area contributed by atoms with E-state index in [1.807, 2.05) is 12.1 Å². The molecule has 1 saturated heterocycles. The van der Waals surface area contributed by atoms with Gasteiger partial charge in [-0.3, -0.25) is 0 Å². The third-order valence-electron chi connectivity index (χ3n) is 4.25. The fourth-order valence-electron chi connectivity index (χ4n) is 2.99. The van der Waals surface area contributed by atoms with E-state index in [1.165, 1.54) is 31.5 Å². The highest BCUT2D eigenvalue weighted by Crippen LogP contribution is 2.22. The summed E-state index contributed by atoms with van der Waals surface area (Å²) in [6, 6.07) is 9.08. The number of rotatable bonds is 4. The second-order valence-corrected chi connectivity index (χ2v) is 6.33. The molecule has 1 aromatic rings. The molecule has 19 heavy (non-hydrogen) atoms. The predicted octanol–water partition coefficient (Wildman–Crippen LogP) is 3.72. The first-order chi connectivity index (χ1) is 9.06. The third-order valence-corrected chi connectivity index (χ3v) is 4.50. The van der Waals surface area contributed by atoms with Gasteiger partial charge in [-0.15, -0.1) is 0 Å². The van der Waals surface area contributed by atoms with Crippen molar-refractivity contribution < 1.29 is 0 Å². The van der Waals surface area contributed by atoms with Crippen LogP contribution in [0.2, 0.25) is 5.02 Å². The van der Waals surface area contributed by atoms with E-state index in [-0.39, 0.29) is 0 Å². The Bertz CT molecular complexity index is 390. The van der Waals surface area contributed by atoms with Crippen LogP contribution in [0.15, 0.2) is 24.3 Å². The van der Waals surface area contributed by atoms with E-state index >= 15 is 0 Å². The molecule has 0 aliphatic carbocycles. The molecule has 0 spiro atoms. The number of nitrogens with zero attached hydrogens (tertiary/aromatic N) is 1. The van der Waals surface area contributed by atoms with Gasteiger partial charge in [0.2, 0.25) is 0 Å². The quantitative estimate of drug-likeness (QED) is 0.904. The Balaban J connectivity index is 1.90. The van der Waals surface area contributed by atoms with Crippen molar-refractivity contribution in [1.82, 2.24) is 10.2 Å². The van der Waals surface area contributed by atoms with Crippen LogP contribution >= 0.6 is 11.6 Å². The van der Waals surface area contributed by atoms with Gasteiger partial charge in [0, 0.05) is 23.7 Å². The molecule has 1 N–H and O–H groups in total. The van der Waals surface area contributed by atoms with Crippen LogP contribution in [0.25, 0.3) is 0 Å². The minimum Gasteiger partial charge on any atom is -0.307 e. The molecule has 0 saturated carbocycles. The van der Waals surface area contributed by atoms with Crippen LogP contribution in [0.4, 0.5) is 0 Å². The Labute approximate surface area is 122 Å². The van der Waals surface area contributed by atoms with Crippen LogP contribution in [0.1, 0.15) is 38.3 Å². The Morgan fingerprint density at radius 3 is 2.58 bits per heavy atom. The average Bonchev–Trinajstić information content (AvgIpc) is 2.39. The van der Waals surface area contributed by atoms with E-state index in [9.17, 15) is 0 Å². The number of hydrogen-bond acceptors (Lipinski definition) is 2. The minimum absolute atomic E-state index is 0.375. The molecule has 1 aliphatic heterocycles. The molecule has 3 atom stereocenters. The molecule has 1 heterocycles. The van der Waals surface area contributed by atoms with Gasteiger partial charge in [0.15, 0.2) is 0 Å². The second kappa shape index (κ2) is 6.74. The maximum Gasteiger partial charge on any atom is 0.0406 e. The number of likely N-dealkylation sites (tertiary alicyclic amines) is 1. The van der Waals surface area contributed by atoms with Gasteiger partial charge in [0.25, 0.3) is 0 Å². The molecular formula is C16H25ClN2. The van der Waals surface area contributed by atoms with Gasteiger partial charge >= 0.3 is 0 Å². The lowest BCUT2D eigenvalue weighted by molar-refractivity contribution is 0.174. The summed E-state index contributed by atoms with van der Waals surface area (Å²) < 4.78 is 0. The molecule has 106 valence electrons. The Hall–Kier alpha value is -0.570. The smallest absolute Gasteiger partial charge is 0.0406 e. The van der Waals surface area contributed by atoms with Gasteiger partial charge in [-0.05, 0) is 63.9 Å². The molecule has 3 heteroatoms. The molecule has 1 aromatic carbocycles. The molecule has 2 rings (SSSR count). The number of halogens is 1. The minimum atomic E-state index is 0.375. The molecule has 2 nitrogen and oxygen atoms in total. The SMILES string of the molecule is CC(NC(C)C1CCCN(C)C1)c1ccc(Cl)cc1. The van der Waals surface area contributed by atoms with E-state index < -0.39 is 0 Å². The van der Waals surface area contributed by atoms with E-state index in [0.29, 0.717) is 12.1 Å². The Morgan fingerprint density at radius 1 is 1.26 bits per heavy atom. The van der Waals surface area contributed by atoms with Gasteiger partial charge in [0.05, 0.1) is 0 Å². The lowest BCUT2D eigenvalue weighted by Crippen LogP contribution is -2.43. The lowest BCUT2D eigenvalue weighted by atomic mass is 9.91. The van der Waals surface area contributed by atoms with E-state index in [4.69, 9.17) is 11.6 Å². The van der Waals surface area contributed by atoms with Crippen molar-refractivity contribution in [3.05, 3.63) is 34.9 Å². The summed E-state index contributed by atoms with van der Waals surface area (Å²) in [6.45, 7) is 7.00. The summed E-state index contributed by atoms with van der Waals surface area (Å²) in [5.74, 6) is 0.758. The second-order valence-electron chi connectivity index (χ2n) is 5.89. The largest absolute Gasteiger partial charge is 0.307 e. The van der Waals surface area contributed by atoms with Crippen molar-refractivity contribution in [2.45, 2.75) is 38.8 Å². The molecule has 0 amide bonds. The Morgan fingerprint density at radius 2 is 1.95 bits per heavy atom. The highest BCUT2D eigenvalue weighted by Gasteiger charge is 2.23. The van der Waals surface area contributed by atoms with Gasteiger partial charge in [0.1, 0.15) is 0 Å². The van der Waals surface area contributed by atoms with Crippen LogP contribution in [0, 0.1) is 5.92 Å².